The van der Waals surface area contributed by atoms with Crippen LogP contribution in [0.2, 0.25) is 0 Å². The van der Waals surface area contributed by atoms with Gasteiger partial charge in [0.05, 0.1) is 18.2 Å². The van der Waals surface area contributed by atoms with E-state index in [1.54, 1.807) is 18.1 Å². The molecule has 0 unspecified atom stereocenters. The quantitative estimate of drug-likeness (QED) is 0.724. The third kappa shape index (κ3) is 1.30. The number of ether oxygens (including phenoxy) is 1. The number of aromatic nitrogens is 4. The third-order valence-corrected chi connectivity index (χ3v) is 4.91. The highest BCUT2D eigenvalue weighted by atomic mass is 32.2. The van der Waals surface area contributed by atoms with E-state index < -0.39 is 0 Å². The van der Waals surface area contributed by atoms with Gasteiger partial charge in [0.25, 0.3) is 0 Å². The van der Waals surface area contributed by atoms with Crippen molar-refractivity contribution in [1.29, 1.82) is 0 Å². The first kappa shape index (κ1) is 10.5. The Morgan fingerprint density at radius 2 is 2.28 bits per heavy atom. The molecule has 3 N–H and O–H groups in total. The Morgan fingerprint density at radius 1 is 1.39 bits per heavy atom. The zero-order valence-electron chi connectivity index (χ0n) is 9.30. The summed E-state index contributed by atoms with van der Waals surface area (Å²) in [4.78, 5) is 12.4. The smallest absolute Gasteiger partial charge is 0.166 e. The number of nitrogens with zero attached hydrogens (tertiary/aromatic N) is 4. The molecule has 94 valence electrons. The molecule has 4 rings (SSSR count). The second-order valence-electron chi connectivity index (χ2n) is 4.40. The molecule has 2 aromatic rings. The maximum Gasteiger partial charge on any atom is 0.166 e. The van der Waals surface area contributed by atoms with E-state index in [4.69, 9.17) is 10.5 Å². The summed E-state index contributed by atoms with van der Waals surface area (Å²) in [6.45, 7) is 0.131. The Bertz CT molecular complexity index is 617. The summed E-state index contributed by atoms with van der Waals surface area (Å²) in [7, 11) is 0. The number of epoxide rings is 1. The summed E-state index contributed by atoms with van der Waals surface area (Å²) in [5.41, 5.74) is 7.09. The number of thioether (sulfide) groups is 1. The molecule has 7 nitrogen and oxygen atoms in total. The summed E-state index contributed by atoms with van der Waals surface area (Å²) in [5.74, 6) is 0.383. The Hall–Kier alpha value is -1.38. The van der Waals surface area contributed by atoms with Gasteiger partial charge < -0.3 is 15.6 Å². The average molecular weight is 265 g/mol. The van der Waals surface area contributed by atoms with Crippen molar-refractivity contribution in [2.75, 3.05) is 12.3 Å². The number of hydrogen-bond acceptors (Lipinski definition) is 7. The van der Waals surface area contributed by atoms with E-state index in [0.29, 0.717) is 17.0 Å². The zero-order chi connectivity index (χ0) is 12.3. The summed E-state index contributed by atoms with van der Waals surface area (Å²) >= 11 is 1.69. The monoisotopic (exact) mass is 265 g/mol. The van der Waals surface area contributed by atoms with Crippen molar-refractivity contribution in [3.8, 4) is 0 Å². The molecule has 2 aromatic heterocycles. The predicted molar refractivity (Wildman–Crippen MR) is 65.9 cm³/mol. The Balaban J connectivity index is 1.78. The summed E-state index contributed by atoms with van der Waals surface area (Å²) in [6, 6.07) is 0. The second kappa shape index (κ2) is 3.56. The lowest BCUT2D eigenvalue weighted by atomic mass is 10.2. The molecule has 0 spiro atoms. The first-order valence-electron chi connectivity index (χ1n) is 5.64. The maximum atomic E-state index is 9.26. The summed E-state index contributed by atoms with van der Waals surface area (Å²) in [5, 5.41) is 9.50. The van der Waals surface area contributed by atoms with Crippen LogP contribution in [0, 0.1) is 0 Å². The molecule has 0 amide bonds. The molecule has 0 saturated carbocycles. The third-order valence-electron chi connectivity index (χ3n) is 3.36. The van der Waals surface area contributed by atoms with Gasteiger partial charge >= 0.3 is 0 Å². The van der Waals surface area contributed by atoms with Gasteiger partial charge in [0.15, 0.2) is 11.5 Å². The number of aliphatic hydroxyl groups excluding tert-OH is 1. The number of rotatable bonds is 2. The van der Waals surface area contributed by atoms with Crippen LogP contribution < -0.4 is 5.73 Å². The van der Waals surface area contributed by atoms with Crippen LogP contribution >= 0.6 is 11.8 Å². The van der Waals surface area contributed by atoms with Crippen LogP contribution in [0.5, 0.6) is 0 Å². The first-order chi connectivity index (χ1) is 8.79. The minimum absolute atomic E-state index is 0.103. The van der Waals surface area contributed by atoms with Gasteiger partial charge in [-0.3, -0.25) is 4.57 Å². The van der Waals surface area contributed by atoms with Crippen LogP contribution in [0.3, 0.4) is 0 Å². The minimum Gasteiger partial charge on any atom is -0.395 e. The number of fused-ring (bicyclic) bond motifs is 2. The van der Waals surface area contributed by atoms with Gasteiger partial charge in [-0.25, -0.2) is 15.0 Å². The standard InChI is InChI=1S/C10H11N5O2S/c11-8-5-9(13-2-12-8)15(3-14-5)10-7-6(17-7)4(1-16)18-10/h2-4,6-7,10,16H,1H2,(H2,11,12,13)/t4-,6-,7-,10+/m0/s1. The van der Waals surface area contributed by atoms with Crippen LogP contribution in [0.4, 0.5) is 5.82 Å². The van der Waals surface area contributed by atoms with Crippen LogP contribution in [0.1, 0.15) is 5.37 Å². The molecule has 2 aliphatic rings. The fourth-order valence-electron chi connectivity index (χ4n) is 2.43. The number of imidazole rings is 1. The fourth-order valence-corrected chi connectivity index (χ4v) is 3.90. The number of nitrogen functional groups attached to an aromatic ring is 1. The SMILES string of the molecule is Nc1ncnc2c1ncn2[C@@H]1S[C@@H](CO)[C@@H]2O[C@@H]21. The largest absolute Gasteiger partial charge is 0.395 e. The second-order valence-corrected chi connectivity index (χ2v) is 5.76. The number of nitrogens with two attached hydrogens (primary N) is 1. The maximum absolute atomic E-state index is 9.26. The van der Waals surface area contributed by atoms with Gasteiger partial charge in [0, 0.05) is 0 Å². The van der Waals surface area contributed by atoms with Crippen molar-refractivity contribution in [3.05, 3.63) is 12.7 Å². The number of aliphatic hydroxyl groups is 1. The topological polar surface area (TPSA) is 102 Å². The Morgan fingerprint density at radius 3 is 3.06 bits per heavy atom. The van der Waals surface area contributed by atoms with Gasteiger partial charge in [0.1, 0.15) is 29.4 Å². The van der Waals surface area contributed by atoms with Gasteiger partial charge in [-0.15, -0.1) is 11.8 Å². The van der Waals surface area contributed by atoms with E-state index >= 15 is 0 Å². The van der Waals surface area contributed by atoms with Gasteiger partial charge in [-0.1, -0.05) is 0 Å². The Labute approximate surface area is 106 Å². The van der Waals surface area contributed by atoms with Crippen molar-refractivity contribution in [2.45, 2.75) is 22.8 Å². The highest BCUT2D eigenvalue weighted by molar-refractivity contribution is 8.00. The highest BCUT2D eigenvalue weighted by Gasteiger charge is 2.58. The van der Waals surface area contributed by atoms with Crippen LogP contribution in [-0.2, 0) is 4.74 Å². The zero-order valence-corrected chi connectivity index (χ0v) is 10.1. The van der Waals surface area contributed by atoms with Gasteiger partial charge in [-0.2, -0.15) is 0 Å². The normalized spacial score (nSPS) is 33.8. The van der Waals surface area contributed by atoms with Crippen LogP contribution in [0.25, 0.3) is 11.2 Å². The molecule has 0 radical (unpaired) electrons. The molecule has 18 heavy (non-hydrogen) atoms. The minimum atomic E-state index is 0.103. The fraction of sp³-hybridized carbons (Fsp3) is 0.500. The first-order valence-corrected chi connectivity index (χ1v) is 6.58. The molecular formula is C10H11N5O2S. The molecular weight excluding hydrogens is 254 g/mol. The van der Waals surface area contributed by atoms with Crippen molar-refractivity contribution >= 4 is 28.7 Å². The average Bonchev–Trinajstić information content (AvgIpc) is 2.91. The van der Waals surface area contributed by atoms with Crippen molar-refractivity contribution in [3.63, 3.8) is 0 Å². The molecule has 0 aromatic carbocycles. The summed E-state index contributed by atoms with van der Waals surface area (Å²) in [6.07, 6.45) is 3.44. The van der Waals surface area contributed by atoms with Gasteiger partial charge in [-0.05, 0) is 0 Å². The molecule has 0 aliphatic carbocycles. The molecule has 4 atom stereocenters. The van der Waals surface area contributed by atoms with Crippen LogP contribution in [0.15, 0.2) is 12.7 Å². The van der Waals surface area contributed by atoms with E-state index in [0.717, 1.165) is 0 Å². The lowest BCUT2D eigenvalue weighted by Gasteiger charge is -2.15. The molecule has 8 heteroatoms. The van der Waals surface area contributed by atoms with E-state index in [9.17, 15) is 5.11 Å². The molecule has 2 saturated heterocycles. The van der Waals surface area contributed by atoms with Crippen molar-refractivity contribution in [2.24, 2.45) is 0 Å². The summed E-state index contributed by atoms with van der Waals surface area (Å²) < 4.78 is 7.52. The van der Waals surface area contributed by atoms with E-state index in [-0.39, 0.29) is 29.4 Å². The van der Waals surface area contributed by atoms with E-state index in [2.05, 4.69) is 15.0 Å². The lowest BCUT2D eigenvalue weighted by Crippen LogP contribution is -2.13. The van der Waals surface area contributed by atoms with Gasteiger partial charge in [0.2, 0.25) is 0 Å². The number of hydrogen-bond donors (Lipinski definition) is 2. The molecule has 2 fully saturated rings. The molecule has 0 bridgehead atoms. The lowest BCUT2D eigenvalue weighted by molar-refractivity contribution is 0.262. The van der Waals surface area contributed by atoms with Crippen LogP contribution in [-0.4, -0.2) is 48.7 Å². The molecule has 2 aliphatic heterocycles. The predicted octanol–water partition coefficient (Wildman–Crippen LogP) is -0.218. The van der Waals surface area contributed by atoms with E-state index in [1.807, 2.05) is 4.57 Å². The Kier molecular flexibility index (Phi) is 2.08. The molecule has 4 heterocycles. The highest BCUT2D eigenvalue weighted by Crippen LogP contribution is 2.54. The number of anilines is 1. The van der Waals surface area contributed by atoms with E-state index in [1.165, 1.54) is 6.33 Å². The van der Waals surface area contributed by atoms with Crippen molar-refractivity contribution in [1.82, 2.24) is 19.5 Å². The van der Waals surface area contributed by atoms with Crippen molar-refractivity contribution < 1.29 is 9.84 Å².